The Hall–Kier alpha value is -4.08. The number of methoxy groups -OCH3 is 1. The zero-order chi connectivity index (χ0) is 22.0. The molecule has 3 aromatic heterocycles. The van der Waals surface area contributed by atoms with Crippen LogP contribution in [0.5, 0.6) is 0 Å². The smallest absolute Gasteiger partial charge is 0.360 e. The van der Waals surface area contributed by atoms with Gasteiger partial charge in [-0.05, 0) is 30.7 Å². The summed E-state index contributed by atoms with van der Waals surface area (Å²) in [5.41, 5.74) is 1.56. The number of oxazole rings is 1. The highest BCUT2D eigenvalue weighted by Crippen LogP contribution is 2.23. The number of rotatable bonds is 6. The molecule has 0 fully saturated rings. The Kier molecular flexibility index (Phi) is 5.44. The van der Waals surface area contributed by atoms with Gasteiger partial charge in [0.05, 0.1) is 36.3 Å². The molecule has 0 aliphatic carbocycles. The molecule has 9 nitrogen and oxygen atoms in total. The van der Waals surface area contributed by atoms with Crippen molar-refractivity contribution in [3.63, 3.8) is 0 Å². The summed E-state index contributed by atoms with van der Waals surface area (Å²) in [7, 11) is 1.25. The molecule has 0 spiro atoms. The van der Waals surface area contributed by atoms with E-state index in [9.17, 15) is 14.0 Å². The minimum atomic E-state index is -0.627. The van der Waals surface area contributed by atoms with Crippen molar-refractivity contribution < 1.29 is 23.1 Å². The van der Waals surface area contributed by atoms with Gasteiger partial charge in [0.1, 0.15) is 18.1 Å². The summed E-state index contributed by atoms with van der Waals surface area (Å²) >= 11 is 0. The van der Waals surface area contributed by atoms with E-state index >= 15 is 0 Å². The quantitative estimate of drug-likeness (QED) is 0.474. The Morgan fingerprint density at radius 1 is 1.23 bits per heavy atom. The molecule has 0 aliphatic rings. The number of carbonyl (C=O) groups excluding carboxylic acids is 2. The number of amides is 1. The van der Waals surface area contributed by atoms with Gasteiger partial charge in [0.2, 0.25) is 5.89 Å². The minimum Gasteiger partial charge on any atom is -0.464 e. The van der Waals surface area contributed by atoms with Crippen LogP contribution < -0.4 is 5.32 Å². The van der Waals surface area contributed by atoms with Gasteiger partial charge in [-0.25, -0.2) is 18.9 Å². The van der Waals surface area contributed by atoms with Crippen molar-refractivity contribution in [2.45, 2.75) is 19.4 Å². The van der Waals surface area contributed by atoms with Crippen molar-refractivity contribution in [3.8, 4) is 5.69 Å². The van der Waals surface area contributed by atoms with Crippen molar-refractivity contribution >= 4 is 22.8 Å². The zero-order valence-electron chi connectivity index (χ0n) is 16.7. The SMILES string of the molecule is CCC(NC(=O)c1cncc2c1cnn2-c1ccc(F)cc1)c1nc(C(=O)OC)co1. The number of ether oxygens (including phenoxy) is 1. The van der Waals surface area contributed by atoms with Gasteiger partial charge < -0.3 is 14.5 Å². The van der Waals surface area contributed by atoms with Crippen molar-refractivity contribution in [3.05, 3.63) is 72.1 Å². The van der Waals surface area contributed by atoms with Crippen LogP contribution in [-0.4, -0.2) is 38.7 Å². The van der Waals surface area contributed by atoms with Crippen molar-refractivity contribution in [2.75, 3.05) is 7.11 Å². The molecule has 158 valence electrons. The lowest BCUT2D eigenvalue weighted by atomic mass is 10.1. The predicted molar refractivity (Wildman–Crippen MR) is 107 cm³/mol. The van der Waals surface area contributed by atoms with Gasteiger partial charge in [-0.15, -0.1) is 0 Å². The molecule has 1 atom stereocenters. The maximum Gasteiger partial charge on any atom is 0.360 e. The molecule has 0 saturated carbocycles. The Morgan fingerprint density at radius 2 is 2.00 bits per heavy atom. The van der Waals surface area contributed by atoms with Gasteiger partial charge in [0.25, 0.3) is 5.91 Å². The van der Waals surface area contributed by atoms with Gasteiger partial charge in [0, 0.05) is 11.6 Å². The number of pyridine rings is 1. The number of benzene rings is 1. The lowest BCUT2D eigenvalue weighted by Gasteiger charge is -2.13. The average molecular weight is 423 g/mol. The Labute approximate surface area is 175 Å². The van der Waals surface area contributed by atoms with E-state index in [-0.39, 0.29) is 17.4 Å². The number of esters is 1. The van der Waals surface area contributed by atoms with Crippen molar-refractivity contribution in [1.29, 1.82) is 0 Å². The molecule has 0 bridgehead atoms. The molecule has 0 aliphatic heterocycles. The standard InChI is InChI=1S/C21H18FN5O4/c1-3-16(20-26-17(11-31-20)21(29)30-2)25-19(28)15-8-23-10-18-14(15)9-24-27(18)13-6-4-12(22)5-7-13/h4-11,16H,3H2,1-2H3,(H,25,28). The monoisotopic (exact) mass is 423 g/mol. The minimum absolute atomic E-state index is 0.0227. The Morgan fingerprint density at radius 3 is 2.71 bits per heavy atom. The van der Waals surface area contributed by atoms with Crippen LogP contribution >= 0.6 is 0 Å². The molecule has 4 rings (SSSR count). The first-order valence-electron chi connectivity index (χ1n) is 9.44. The van der Waals surface area contributed by atoms with Gasteiger partial charge in [-0.2, -0.15) is 5.10 Å². The fraction of sp³-hybridized carbons (Fsp3) is 0.190. The number of carbonyl (C=O) groups is 2. The van der Waals surface area contributed by atoms with E-state index in [1.54, 1.807) is 29.2 Å². The second kappa shape index (κ2) is 8.34. The number of halogens is 1. The van der Waals surface area contributed by atoms with E-state index in [0.717, 1.165) is 0 Å². The normalized spacial score (nSPS) is 12.0. The molecule has 0 radical (unpaired) electrons. The number of hydrogen-bond donors (Lipinski definition) is 1. The first kappa shape index (κ1) is 20.2. The number of fused-ring (bicyclic) bond motifs is 1. The van der Waals surface area contributed by atoms with Crippen LogP contribution in [0.25, 0.3) is 16.6 Å². The van der Waals surface area contributed by atoms with Gasteiger partial charge in [-0.3, -0.25) is 9.78 Å². The molecule has 1 N–H and O–H groups in total. The van der Waals surface area contributed by atoms with Gasteiger partial charge >= 0.3 is 5.97 Å². The third kappa shape index (κ3) is 3.87. The number of aromatic nitrogens is 4. The molecule has 1 amide bonds. The van der Waals surface area contributed by atoms with E-state index in [1.807, 2.05) is 6.92 Å². The average Bonchev–Trinajstić information content (AvgIpc) is 3.45. The summed E-state index contributed by atoms with van der Waals surface area (Å²) in [5.74, 6) is -1.19. The van der Waals surface area contributed by atoms with E-state index in [0.29, 0.717) is 28.6 Å². The highest BCUT2D eigenvalue weighted by atomic mass is 19.1. The van der Waals surface area contributed by atoms with Crippen LogP contribution in [0.2, 0.25) is 0 Å². The first-order chi connectivity index (χ1) is 15.0. The molecule has 1 aromatic carbocycles. The Bertz CT molecular complexity index is 1250. The van der Waals surface area contributed by atoms with Crippen LogP contribution in [0.4, 0.5) is 4.39 Å². The zero-order valence-corrected chi connectivity index (χ0v) is 16.7. The topological polar surface area (TPSA) is 112 Å². The van der Waals surface area contributed by atoms with Crippen LogP contribution in [0, 0.1) is 5.82 Å². The molecule has 0 saturated heterocycles. The summed E-state index contributed by atoms with van der Waals surface area (Å²) in [5, 5.41) is 7.74. The number of nitrogens with one attached hydrogen (secondary N) is 1. The maximum atomic E-state index is 13.2. The van der Waals surface area contributed by atoms with Crippen LogP contribution in [0.15, 0.2) is 53.5 Å². The summed E-state index contributed by atoms with van der Waals surface area (Å²) in [6.07, 6.45) is 6.24. The third-order valence-electron chi connectivity index (χ3n) is 4.74. The molecular weight excluding hydrogens is 405 g/mol. The van der Waals surface area contributed by atoms with Crippen LogP contribution in [-0.2, 0) is 4.74 Å². The van der Waals surface area contributed by atoms with E-state index in [1.165, 1.54) is 31.7 Å². The second-order valence-electron chi connectivity index (χ2n) is 6.65. The van der Waals surface area contributed by atoms with Gasteiger partial charge in [0.15, 0.2) is 5.69 Å². The third-order valence-corrected chi connectivity index (χ3v) is 4.74. The van der Waals surface area contributed by atoms with E-state index < -0.39 is 17.9 Å². The van der Waals surface area contributed by atoms with E-state index in [2.05, 4.69) is 25.1 Å². The summed E-state index contributed by atoms with van der Waals surface area (Å²) in [6.45, 7) is 1.85. The highest BCUT2D eigenvalue weighted by molar-refractivity contribution is 6.06. The molecule has 31 heavy (non-hydrogen) atoms. The van der Waals surface area contributed by atoms with Crippen LogP contribution in [0.3, 0.4) is 0 Å². The summed E-state index contributed by atoms with van der Waals surface area (Å²) in [6, 6.07) is 5.27. The van der Waals surface area contributed by atoms with Crippen molar-refractivity contribution in [2.24, 2.45) is 0 Å². The van der Waals surface area contributed by atoms with Gasteiger partial charge in [-0.1, -0.05) is 6.92 Å². The molecule has 1 unspecified atom stereocenters. The lowest BCUT2D eigenvalue weighted by molar-refractivity contribution is 0.0594. The molecular formula is C21H18FN5O4. The number of hydrogen-bond acceptors (Lipinski definition) is 7. The van der Waals surface area contributed by atoms with Crippen LogP contribution in [0.1, 0.15) is 46.1 Å². The number of nitrogens with zero attached hydrogens (tertiary/aromatic N) is 4. The lowest BCUT2D eigenvalue weighted by Crippen LogP contribution is -2.28. The fourth-order valence-corrected chi connectivity index (χ4v) is 3.13. The molecule has 3 heterocycles. The van der Waals surface area contributed by atoms with Crippen molar-refractivity contribution in [1.82, 2.24) is 25.1 Å². The van der Waals surface area contributed by atoms with E-state index in [4.69, 9.17) is 4.42 Å². The highest BCUT2D eigenvalue weighted by Gasteiger charge is 2.23. The Balaban J connectivity index is 1.62. The second-order valence-corrected chi connectivity index (χ2v) is 6.65. The first-order valence-corrected chi connectivity index (χ1v) is 9.44. The predicted octanol–water partition coefficient (Wildman–Crippen LogP) is 3.22. The largest absolute Gasteiger partial charge is 0.464 e. The fourth-order valence-electron chi connectivity index (χ4n) is 3.13. The maximum absolute atomic E-state index is 13.2. The molecule has 4 aromatic rings. The summed E-state index contributed by atoms with van der Waals surface area (Å²) in [4.78, 5) is 32.8. The summed E-state index contributed by atoms with van der Waals surface area (Å²) < 4.78 is 24.8. The molecule has 10 heteroatoms.